The summed E-state index contributed by atoms with van der Waals surface area (Å²) in [6, 6.07) is 17.0. The molecule has 0 amide bonds. The Kier molecular flexibility index (Phi) is 5.50. The minimum atomic E-state index is -0.0346. The van der Waals surface area contributed by atoms with Crippen LogP contribution in [0, 0.1) is 13.8 Å². The van der Waals surface area contributed by atoms with Crippen LogP contribution in [0.3, 0.4) is 0 Å². The van der Waals surface area contributed by atoms with Gasteiger partial charge in [0.05, 0.1) is 17.8 Å². The lowest BCUT2D eigenvalue weighted by Gasteiger charge is -2.30. The third kappa shape index (κ3) is 3.98. The summed E-state index contributed by atoms with van der Waals surface area (Å²) in [6.45, 7) is 5.99. The van der Waals surface area contributed by atoms with Gasteiger partial charge in [0.2, 0.25) is 0 Å². The third-order valence-corrected chi connectivity index (χ3v) is 6.49. The van der Waals surface area contributed by atoms with E-state index in [2.05, 4.69) is 76.2 Å². The van der Waals surface area contributed by atoms with Crippen LogP contribution in [0.25, 0.3) is 0 Å². The van der Waals surface area contributed by atoms with Gasteiger partial charge in [-0.2, -0.15) is 0 Å². The maximum Gasteiger partial charge on any atom is 0.174 e. The summed E-state index contributed by atoms with van der Waals surface area (Å²) in [5.74, 6) is 0. The van der Waals surface area contributed by atoms with Crippen LogP contribution in [0.5, 0.6) is 0 Å². The molecule has 2 fully saturated rings. The Balaban J connectivity index is 1.59. The Labute approximate surface area is 189 Å². The van der Waals surface area contributed by atoms with Crippen LogP contribution in [0.2, 0.25) is 0 Å². The van der Waals surface area contributed by atoms with Gasteiger partial charge in [0, 0.05) is 36.9 Å². The smallest absolute Gasteiger partial charge is 0.174 e. The zero-order chi connectivity index (χ0) is 21.4. The van der Waals surface area contributed by atoms with Crippen molar-refractivity contribution in [2.45, 2.75) is 51.4 Å². The SMILES string of the molecule is Cc1cc(C)cc(N2C(=S)N[C@@H](c3ccccn3)[C@H]2c2cccn2C[C@@H]2CCCO2)c1. The molecule has 4 heterocycles. The van der Waals surface area contributed by atoms with Gasteiger partial charge in [-0.15, -0.1) is 0 Å². The highest BCUT2D eigenvalue weighted by Crippen LogP contribution is 2.42. The molecule has 3 aromatic rings. The van der Waals surface area contributed by atoms with Crippen LogP contribution < -0.4 is 10.2 Å². The summed E-state index contributed by atoms with van der Waals surface area (Å²) in [5, 5.41) is 4.30. The average molecular weight is 433 g/mol. The minimum absolute atomic E-state index is 0.00000283. The van der Waals surface area contributed by atoms with Gasteiger partial charge in [-0.25, -0.2) is 0 Å². The van der Waals surface area contributed by atoms with E-state index in [1.165, 1.54) is 16.8 Å². The average Bonchev–Trinajstić information content (AvgIpc) is 3.48. The van der Waals surface area contributed by atoms with Crippen molar-refractivity contribution < 1.29 is 4.74 Å². The largest absolute Gasteiger partial charge is 0.376 e. The van der Waals surface area contributed by atoms with E-state index in [0.717, 1.165) is 42.5 Å². The van der Waals surface area contributed by atoms with Crippen molar-refractivity contribution in [1.82, 2.24) is 14.9 Å². The number of nitrogens with zero attached hydrogens (tertiary/aromatic N) is 3. The molecule has 0 bridgehead atoms. The standard InChI is InChI=1S/C25H28N4OS/c1-17-13-18(2)15-19(14-17)29-24(23(27-25(29)31)21-8-3-4-10-26-21)22-9-5-11-28(22)16-20-7-6-12-30-20/h3-5,8-11,13-15,20,23-24H,6-7,12,16H2,1-2H3,(H,27,31)/t20-,23-,24+/m0/s1. The molecule has 0 radical (unpaired) electrons. The third-order valence-electron chi connectivity index (χ3n) is 6.17. The molecule has 2 saturated heterocycles. The van der Waals surface area contributed by atoms with Crippen LogP contribution in [-0.4, -0.2) is 27.4 Å². The number of aryl methyl sites for hydroxylation is 2. The number of hydrogen-bond donors (Lipinski definition) is 1. The molecule has 5 nitrogen and oxygen atoms in total. The molecular formula is C25H28N4OS. The van der Waals surface area contributed by atoms with E-state index in [9.17, 15) is 0 Å². The second-order valence-electron chi connectivity index (χ2n) is 8.56. The number of anilines is 1. The number of ether oxygens (including phenoxy) is 1. The van der Waals surface area contributed by atoms with Gasteiger partial charge in [0.1, 0.15) is 6.04 Å². The molecule has 0 spiro atoms. The summed E-state index contributed by atoms with van der Waals surface area (Å²) in [6.07, 6.45) is 6.54. The number of thiocarbonyl (C=S) groups is 1. The van der Waals surface area contributed by atoms with Crippen molar-refractivity contribution in [3.63, 3.8) is 0 Å². The van der Waals surface area contributed by atoms with Crippen LogP contribution in [0.15, 0.2) is 60.9 Å². The molecule has 6 heteroatoms. The highest BCUT2D eigenvalue weighted by molar-refractivity contribution is 7.80. The van der Waals surface area contributed by atoms with E-state index in [4.69, 9.17) is 17.0 Å². The maximum absolute atomic E-state index is 5.93. The van der Waals surface area contributed by atoms with E-state index in [1.54, 1.807) is 0 Å². The normalized spacial score (nSPS) is 23.4. The van der Waals surface area contributed by atoms with E-state index < -0.39 is 0 Å². The van der Waals surface area contributed by atoms with Gasteiger partial charge in [0.15, 0.2) is 5.11 Å². The van der Waals surface area contributed by atoms with Crippen molar-refractivity contribution in [2.24, 2.45) is 0 Å². The molecule has 3 atom stereocenters. The fourth-order valence-electron chi connectivity index (χ4n) is 4.89. The first-order valence-corrected chi connectivity index (χ1v) is 11.4. The van der Waals surface area contributed by atoms with Crippen LogP contribution in [0.1, 0.15) is 47.4 Å². The number of hydrogen-bond acceptors (Lipinski definition) is 3. The summed E-state index contributed by atoms with van der Waals surface area (Å²) < 4.78 is 8.27. The predicted octanol–water partition coefficient (Wildman–Crippen LogP) is 4.86. The Morgan fingerprint density at radius 1 is 1.13 bits per heavy atom. The number of pyridine rings is 1. The number of aromatic nitrogens is 2. The summed E-state index contributed by atoms with van der Waals surface area (Å²) in [7, 11) is 0. The number of benzene rings is 1. The van der Waals surface area contributed by atoms with Gasteiger partial charge < -0.3 is 19.5 Å². The molecule has 1 N–H and O–H groups in total. The molecule has 0 saturated carbocycles. The van der Waals surface area contributed by atoms with E-state index in [1.807, 2.05) is 18.3 Å². The molecular weight excluding hydrogens is 404 g/mol. The quantitative estimate of drug-likeness (QED) is 0.584. The Bertz CT molecular complexity index is 1050. The predicted molar refractivity (Wildman–Crippen MR) is 127 cm³/mol. The zero-order valence-electron chi connectivity index (χ0n) is 18.0. The first kappa shape index (κ1) is 20.2. The van der Waals surface area contributed by atoms with Gasteiger partial charge in [-0.1, -0.05) is 12.1 Å². The van der Waals surface area contributed by atoms with Crippen LogP contribution in [0.4, 0.5) is 5.69 Å². The molecule has 5 rings (SSSR count). The molecule has 31 heavy (non-hydrogen) atoms. The maximum atomic E-state index is 5.93. The van der Waals surface area contributed by atoms with E-state index >= 15 is 0 Å². The Hall–Kier alpha value is -2.70. The van der Waals surface area contributed by atoms with Gasteiger partial charge in [-0.3, -0.25) is 4.98 Å². The highest BCUT2D eigenvalue weighted by Gasteiger charge is 2.42. The van der Waals surface area contributed by atoms with Crippen molar-refractivity contribution in [2.75, 3.05) is 11.5 Å². The second kappa shape index (κ2) is 8.44. The lowest BCUT2D eigenvalue weighted by molar-refractivity contribution is 0.0961. The Morgan fingerprint density at radius 2 is 1.97 bits per heavy atom. The topological polar surface area (TPSA) is 42.3 Å². The Morgan fingerprint density at radius 3 is 2.68 bits per heavy atom. The van der Waals surface area contributed by atoms with Crippen molar-refractivity contribution in [3.05, 3.63) is 83.4 Å². The van der Waals surface area contributed by atoms with Gasteiger partial charge in [0.25, 0.3) is 0 Å². The van der Waals surface area contributed by atoms with Crippen LogP contribution in [-0.2, 0) is 11.3 Å². The first-order valence-electron chi connectivity index (χ1n) is 11.0. The van der Waals surface area contributed by atoms with E-state index in [-0.39, 0.29) is 18.2 Å². The second-order valence-corrected chi connectivity index (χ2v) is 8.95. The van der Waals surface area contributed by atoms with Crippen molar-refractivity contribution in [3.8, 4) is 0 Å². The fourth-order valence-corrected chi connectivity index (χ4v) is 5.24. The number of rotatable bonds is 5. The summed E-state index contributed by atoms with van der Waals surface area (Å²) in [4.78, 5) is 6.93. The molecule has 0 aliphatic carbocycles. The molecule has 2 aromatic heterocycles. The summed E-state index contributed by atoms with van der Waals surface area (Å²) in [5.41, 5.74) is 5.78. The lowest BCUT2D eigenvalue weighted by atomic mass is 10.00. The van der Waals surface area contributed by atoms with Gasteiger partial charge in [-0.05, 0) is 86.4 Å². The van der Waals surface area contributed by atoms with Crippen molar-refractivity contribution >= 4 is 23.0 Å². The fraction of sp³-hybridized carbons (Fsp3) is 0.360. The van der Waals surface area contributed by atoms with E-state index in [0.29, 0.717) is 0 Å². The molecule has 2 aliphatic heterocycles. The lowest BCUT2D eigenvalue weighted by Crippen LogP contribution is -2.31. The van der Waals surface area contributed by atoms with Crippen LogP contribution >= 0.6 is 12.2 Å². The zero-order valence-corrected chi connectivity index (χ0v) is 18.8. The first-order chi connectivity index (χ1) is 15.1. The molecule has 1 aromatic carbocycles. The highest BCUT2D eigenvalue weighted by atomic mass is 32.1. The molecule has 2 aliphatic rings. The van der Waals surface area contributed by atoms with Gasteiger partial charge >= 0.3 is 0 Å². The van der Waals surface area contributed by atoms with Crippen molar-refractivity contribution in [1.29, 1.82) is 0 Å². The monoisotopic (exact) mass is 432 g/mol. The minimum Gasteiger partial charge on any atom is -0.376 e. The summed E-state index contributed by atoms with van der Waals surface area (Å²) >= 11 is 5.88. The number of nitrogens with one attached hydrogen (secondary N) is 1. The molecule has 0 unspecified atom stereocenters. The molecule has 160 valence electrons.